The van der Waals surface area contributed by atoms with Gasteiger partial charge in [0.05, 0.1) is 16.5 Å². The van der Waals surface area contributed by atoms with Crippen molar-refractivity contribution >= 4 is 39.8 Å². The van der Waals surface area contributed by atoms with Crippen LogP contribution in [0.2, 0.25) is 0 Å². The lowest BCUT2D eigenvalue weighted by Gasteiger charge is -2.10. The van der Waals surface area contributed by atoms with Crippen molar-refractivity contribution < 1.29 is 26.7 Å². The second-order valence-electron chi connectivity index (χ2n) is 6.54. The first-order valence-corrected chi connectivity index (χ1v) is 10.7. The lowest BCUT2D eigenvalue weighted by Crippen LogP contribution is -2.22. The highest BCUT2D eigenvalue weighted by molar-refractivity contribution is 8.00. The summed E-state index contributed by atoms with van der Waals surface area (Å²) in [6.07, 6.45) is -3.66. The number of fused-ring (bicyclic) bond motifs is 1. The Morgan fingerprint density at radius 1 is 1.16 bits per heavy atom. The number of anilines is 1. The van der Waals surface area contributed by atoms with Gasteiger partial charge in [-0.2, -0.15) is 13.2 Å². The number of halogens is 5. The minimum absolute atomic E-state index is 0.121. The average molecular weight is 485 g/mol. The molecule has 0 fully saturated rings. The standard InChI is InChI=1S/C19H12F5N5OS2/c1-9(32-18-28-27-15-5-3-11(7-29(15)18)19(22,23)24)16(30)26-17-25-14(8-31-17)10-2-4-12(20)13(21)6-10/h2-9H,1H3,(H,25,26,30). The van der Waals surface area contributed by atoms with E-state index in [9.17, 15) is 26.7 Å². The number of aromatic nitrogens is 4. The summed E-state index contributed by atoms with van der Waals surface area (Å²) < 4.78 is 66.6. The average Bonchev–Trinajstić information content (AvgIpc) is 3.36. The first kappa shape index (κ1) is 22.1. The van der Waals surface area contributed by atoms with Crippen LogP contribution in [-0.2, 0) is 11.0 Å². The van der Waals surface area contributed by atoms with E-state index >= 15 is 0 Å². The molecule has 0 aliphatic heterocycles. The number of hydrogen-bond acceptors (Lipinski definition) is 6. The fourth-order valence-electron chi connectivity index (χ4n) is 2.66. The van der Waals surface area contributed by atoms with Crippen LogP contribution >= 0.6 is 23.1 Å². The number of nitrogens with zero attached hydrogens (tertiary/aromatic N) is 4. The van der Waals surface area contributed by atoms with Gasteiger partial charge in [-0.05, 0) is 37.3 Å². The van der Waals surface area contributed by atoms with Crippen LogP contribution in [0.1, 0.15) is 12.5 Å². The summed E-state index contributed by atoms with van der Waals surface area (Å²) in [6.45, 7) is 1.55. The van der Waals surface area contributed by atoms with E-state index in [4.69, 9.17) is 0 Å². The third-order valence-electron chi connectivity index (χ3n) is 4.30. The molecule has 0 aliphatic carbocycles. The minimum Gasteiger partial charge on any atom is -0.301 e. The van der Waals surface area contributed by atoms with E-state index < -0.39 is 34.5 Å². The summed E-state index contributed by atoms with van der Waals surface area (Å²) in [4.78, 5) is 16.7. The SMILES string of the molecule is CC(Sc1nnc2ccc(C(F)(F)F)cn12)C(=O)Nc1nc(-c2ccc(F)c(F)c2)cs1. The zero-order chi connectivity index (χ0) is 23.0. The number of carbonyl (C=O) groups excluding carboxylic acids is 1. The molecule has 1 amide bonds. The third-order valence-corrected chi connectivity index (χ3v) is 6.11. The van der Waals surface area contributed by atoms with E-state index in [1.165, 1.54) is 16.5 Å². The third kappa shape index (κ3) is 4.58. The summed E-state index contributed by atoms with van der Waals surface area (Å²) in [7, 11) is 0. The summed E-state index contributed by atoms with van der Waals surface area (Å²) in [6, 6.07) is 5.44. The molecule has 4 rings (SSSR count). The van der Waals surface area contributed by atoms with Gasteiger partial charge in [0.25, 0.3) is 0 Å². The van der Waals surface area contributed by atoms with E-state index in [1.54, 1.807) is 12.3 Å². The number of pyridine rings is 1. The van der Waals surface area contributed by atoms with Crippen LogP contribution in [0.4, 0.5) is 27.1 Å². The van der Waals surface area contributed by atoms with Gasteiger partial charge in [-0.1, -0.05) is 11.8 Å². The number of hydrogen-bond donors (Lipinski definition) is 1. The van der Waals surface area contributed by atoms with Crippen LogP contribution in [-0.4, -0.2) is 30.7 Å². The number of carbonyl (C=O) groups is 1. The molecule has 4 aromatic rings. The maximum Gasteiger partial charge on any atom is 0.417 e. The van der Waals surface area contributed by atoms with Gasteiger partial charge in [0.1, 0.15) is 0 Å². The van der Waals surface area contributed by atoms with Crippen molar-refractivity contribution in [2.24, 2.45) is 0 Å². The van der Waals surface area contributed by atoms with Crippen molar-refractivity contribution in [1.82, 2.24) is 19.6 Å². The molecule has 1 aromatic carbocycles. The number of nitrogens with one attached hydrogen (secondary N) is 1. The Hall–Kier alpha value is -3.06. The number of rotatable bonds is 5. The zero-order valence-corrected chi connectivity index (χ0v) is 17.7. The molecule has 6 nitrogen and oxygen atoms in total. The van der Waals surface area contributed by atoms with Gasteiger partial charge in [-0.25, -0.2) is 13.8 Å². The van der Waals surface area contributed by atoms with Crippen LogP contribution in [0.3, 0.4) is 0 Å². The van der Waals surface area contributed by atoms with Gasteiger partial charge in [-0.3, -0.25) is 9.20 Å². The second kappa shape index (κ2) is 8.47. The molecule has 0 radical (unpaired) electrons. The summed E-state index contributed by atoms with van der Waals surface area (Å²) >= 11 is 2.02. The Kier molecular flexibility index (Phi) is 5.86. The van der Waals surface area contributed by atoms with E-state index in [1.807, 2.05) is 0 Å². The van der Waals surface area contributed by atoms with E-state index in [0.29, 0.717) is 11.3 Å². The predicted molar refractivity (Wildman–Crippen MR) is 109 cm³/mol. The highest BCUT2D eigenvalue weighted by atomic mass is 32.2. The highest BCUT2D eigenvalue weighted by Gasteiger charge is 2.31. The maximum atomic E-state index is 13.4. The number of thiazole rings is 1. The van der Waals surface area contributed by atoms with Gasteiger partial charge in [0.15, 0.2) is 27.6 Å². The fraction of sp³-hybridized carbons (Fsp3) is 0.158. The Morgan fingerprint density at radius 3 is 2.66 bits per heavy atom. The molecule has 0 saturated carbocycles. The molecular weight excluding hydrogens is 473 g/mol. The van der Waals surface area contributed by atoms with Crippen LogP contribution in [0.5, 0.6) is 0 Å². The Bertz CT molecular complexity index is 1300. The molecule has 3 heterocycles. The summed E-state index contributed by atoms with van der Waals surface area (Å²) in [5.74, 6) is -2.46. The van der Waals surface area contributed by atoms with Gasteiger partial charge in [-0.15, -0.1) is 21.5 Å². The molecule has 1 atom stereocenters. The van der Waals surface area contributed by atoms with Crippen LogP contribution in [0.25, 0.3) is 16.9 Å². The maximum absolute atomic E-state index is 13.4. The number of thioether (sulfide) groups is 1. The Labute approximate surface area is 185 Å². The van der Waals surface area contributed by atoms with E-state index in [0.717, 1.165) is 47.5 Å². The Balaban J connectivity index is 1.47. The van der Waals surface area contributed by atoms with Crippen molar-refractivity contribution in [1.29, 1.82) is 0 Å². The monoisotopic (exact) mass is 485 g/mol. The van der Waals surface area contributed by atoms with Crippen LogP contribution in [0.15, 0.2) is 47.1 Å². The molecule has 0 bridgehead atoms. The lowest BCUT2D eigenvalue weighted by atomic mass is 10.2. The molecule has 1 unspecified atom stereocenters. The molecule has 0 aliphatic rings. The van der Waals surface area contributed by atoms with Gasteiger partial charge in [0, 0.05) is 17.1 Å². The molecule has 13 heteroatoms. The molecule has 0 saturated heterocycles. The quantitative estimate of drug-likeness (QED) is 0.308. The number of alkyl halides is 3. The van der Waals surface area contributed by atoms with Crippen molar-refractivity contribution in [3.63, 3.8) is 0 Å². The van der Waals surface area contributed by atoms with Gasteiger partial charge < -0.3 is 5.32 Å². The second-order valence-corrected chi connectivity index (χ2v) is 8.71. The Morgan fingerprint density at radius 2 is 1.94 bits per heavy atom. The molecule has 166 valence electrons. The molecule has 1 N–H and O–H groups in total. The molecule has 3 aromatic heterocycles. The van der Waals surface area contributed by atoms with Crippen molar-refractivity contribution in [3.05, 3.63) is 59.1 Å². The van der Waals surface area contributed by atoms with Crippen LogP contribution in [0, 0.1) is 11.6 Å². The fourth-order valence-corrected chi connectivity index (χ4v) is 4.21. The van der Waals surface area contributed by atoms with Gasteiger partial charge in [0.2, 0.25) is 5.91 Å². The van der Waals surface area contributed by atoms with Crippen molar-refractivity contribution in [3.8, 4) is 11.3 Å². The lowest BCUT2D eigenvalue weighted by molar-refractivity contribution is -0.137. The zero-order valence-electron chi connectivity index (χ0n) is 16.0. The minimum atomic E-state index is -4.53. The van der Waals surface area contributed by atoms with Gasteiger partial charge >= 0.3 is 6.18 Å². The first-order chi connectivity index (χ1) is 15.1. The number of benzene rings is 1. The van der Waals surface area contributed by atoms with Crippen LogP contribution < -0.4 is 5.32 Å². The van der Waals surface area contributed by atoms with Crippen molar-refractivity contribution in [2.45, 2.75) is 23.5 Å². The topological polar surface area (TPSA) is 72.2 Å². The first-order valence-electron chi connectivity index (χ1n) is 8.92. The smallest absolute Gasteiger partial charge is 0.301 e. The molecular formula is C19H12F5N5OS2. The normalized spacial score (nSPS) is 12.8. The highest BCUT2D eigenvalue weighted by Crippen LogP contribution is 2.31. The van der Waals surface area contributed by atoms with E-state index in [2.05, 4.69) is 20.5 Å². The largest absolute Gasteiger partial charge is 0.417 e. The van der Waals surface area contributed by atoms with Crippen molar-refractivity contribution in [2.75, 3.05) is 5.32 Å². The summed E-state index contributed by atoms with van der Waals surface area (Å²) in [5, 5.41) is 11.4. The molecule has 32 heavy (non-hydrogen) atoms. The molecule has 0 spiro atoms. The predicted octanol–water partition coefficient (Wildman–Crippen LogP) is 5.27. The van der Waals surface area contributed by atoms with E-state index in [-0.39, 0.29) is 15.9 Å². The summed E-state index contributed by atoms with van der Waals surface area (Å²) in [5.41, 5.74) is 0.0478. The number of amides is 1.